The van der Waals surface area contributed by atoms with Crippen LogP contribution in [0.4, 0.5) is 5.69 Å². The van der Waals surface area contributed by atoms with Crippen molar-refractivity contribution in [2.45, 2.75) is 43.2 Å². The standard InChI is InChI=1S/C13H21N3O2S/c1-2-15-19(17,18)13-7-5-11(6-8-13)16-12-4-3-10(14)9-12/h5-8,10,12,15-16H,2-4,9,14H2,1H3. The van der Waals surface area contributed by atoms with Gasteiger partial charge in [0, 0.05) is 24.3 Å². The second kappa shape index (κ2) is 5.90. The van der Waals surface area contributed by atoms with Gasteiger partial charge in [-0.15, -0.1) is 0 Å². The zero-order valence-electron chi connectivity index (χ0n) is 11.1. The number of nitrogens with two attached hydrogens (primary N) is 1. The highest BCUT2D eigenvalue weighted by Gasteiger charge is 2.21. The normalized spacial score (nSPS) is 23.5. The third-order valence-corrected chi connectivity index (χ3v) is 4.90. The molecule has 19 heavy (non-hydrogen) atoms. The summed E-state index contributed by atoms with van der Waals surface area (Å²) >= 11 is 0. The van der Waals surface area contributed by atoms with E-state index >= 15 is 0 Å². The molecule has 1 aromatic rings. The van der Waals surface area contributed by atoms with Crippen molar-refractivity contribution >= 4 is 15.7 Å². The van der Waals surface area contributed by atoms with Gasteiger partial charge in [0.25, 0.3) is 0 Å². The first-order chi connectivity index (χ1) is 9.01. The van der Waals surface area contributed by atoms with Gasteiger partial charge in [-0.3, -0.25) is 0 Å². The molecule has 0 aromatic heterocycles. The van der Waals surface area contributed by atoms with Crippen LogP contribution in [0.2, 0.25) is 0 Å². The van der Waals surface area contributed by atoms with Crippen LogP contribution in [0, 0.1) is 0 Å². The molecule has 4 N–H and O–H groups in total. The molecule has 6 heteroatoms. The second-order valence-corrected chi connectivity index (χ2v) is 6.71. The Hall–Kier alpha value is -1.11. The molecule has 2 rings (SSSR count). The van der Waals surface area contributed by atoms with Crippen LogP contribution < -0.4 is 15.8 Å². The van der Waals surface area contributed by atoms with Crippen LogP contribution in [0.3, 0.4) is 0 Å². The molecule has 1 aliphatic carbocycles. The Morgan fingerprint density at radius 2 is 1.95 bits per heavy atom. The Morgan fingerprint density at radius 3 is 2.47 bits per heavy atom. The van der Waals surface area contributed by atoms with Gasteiger partial charge in [0.15, 0.2) is 0 Å². The number of benzene rings is 1. The fraction of sp³-hybridized carbons (Fsp3) is 0.538. The van der Waals surface area contributed by atoms with Gasteiger partial charge in [-0.2, -0.15) is 0 Å². The van der Waals surface area contributed by atoms with Crippen molar-refractivity contribution in [2.24, 2.45) is 5.73 Å². The maximum Gasteiger partial charge on any atom is 0.240 e. The first-order valence-electron chi connectivity index (χ1n) is 6.63. The molecule has 0 saturated heterocycles. The molecule has 0 heterocycles. The van der Waals surface area contributed by atoms with Gasteiger partial charge in [-0.05, 0) is 43.5 Å². The Morgan fingerprint density at radius 1 is 1.26 bits per heavy atom. The number of sulfonamides is 1. The average molecular weight is 283 g/mol. The second-order valence-electron chi connectivity index (χ2n) is 4.94. The summed E-state index contributed by atoms with van der Waals surface area (Å²) in [6.07, 6.45) is 3.08. The Bertz CT molecular complexity index is 513. The average Bonchev–Trinajstić information content (AvgIpc) is 2.75. The first kappa shape index (κ1) is 14.3. The van der Waals surface area contributed by atoms with Crippen LogP contribution in [-0.2, 0) is 10.0 Å². The Kier molecular flexibility index (Phi) is 4.44. The monoisotopic (exact) mass is 283 g/mol. The SMILES string of the molecule is CCNS(=O)(=O)c1ccc(NC2CCC(N)C2)cc1. The minimum absolute atomic E-state index is 0.283. The molecule has 0 radical (unpaired) electrons. The van der Waals surface area contributed by atoms with E-state index in [-0.39, 0.29) is 6.04 Å². The minimum atomic E-state index is -3.36. The lowest BCUT2D eigenvalue weighted by molar-refractivity contribution is 0.584. The van der Waals surface area contributed by atoms with E-state index < -0.39 is 10.0 Å². The van der Waals surface area contributed by atoms with Gasteiger partial charge in [0.2, 0.25) is 10.0 Å². The highest BCUT2D eigenvalue weighted by Crippen LogP contribution is 2.22. The van der Waals surface area contributed by atoms with Crippen molar-refractivity contribution in [1.82, 2.24) is 4.72 Å². The van der Waals surface area contributed by atoms with E-state index in [9.17, 15) is 8.42 Å². The lowest BCUT2D eigenvalue weighted by Gasteiger charge is -2.14. The van der Waals surface area contributed by atoms with Crippen LogP contribution in [-0.4, -0.2) is 27.0 Å². The third-order valence-electron chi connectivity index (χ3n) is 3.34. The van der Waals surface area contributed by atoms with E-state index in [1.54, 1.807) is 31.2 Å². The lowest BCUT2D eigenvalue weighted by atomic mass is 10.2. The van der Waals surface area contributed by atoms with Crippen molar-refractivity contribution in [2.75, 3.05) is 11.9 Å². The van der Waals surface area contributed by atoms with E-state index in [0.29, 0.717) is 17.5 Å². The van der Waals surface area contributed by atoms with Gasteiger partial charge < -0.3 is 11.1 Å². The van der Waals surface area contributed by atoms with E-state index in [0.717, 1.165) is 24.9 Å². The number of rotatable bonds is 5. The smallest absolute Gasteiger partial charge is 0.240 e. The van der Waals surface area contributed by atoms with E-state index in [1.807, 2.05) is 0 Å². The molecule has 2 unspecified atom stereocenters. The predicted molar refractivity (Wildman–Crippen MR) is 76.5 cm³/mol. The summed E-state index contributed by atoms with van der Waals surface area (Å²) in [6, 6.07) is 7.52. The van der Waals surface area contributed by atoms with E-state index in [2.05, 4.69) is 10.0 Å². The molecular formula is C13H21N3O2S. The first-order valence-corrected chi connectivity index (χ1v) is 8.11. The van der Waals surface area contributed by atoms with E-state index in [1.165, 1.54) is 0 Å². The van der Waals surface area contributed by atoms with Crippen LogP contribution in [0.5, 0.6) is 0 Å². The van der Waals surface area contributed by atoms with Gasteiger partial charge in [0.1, 0.15) is 0 Å². The molecule has 5 nitrogen and oxygen atoms in total. The van der Waals surface area contributed by atoms with Crippen LogP contribution >= 0.6 is 0 Å². The summed E-state index contributed by atoms with van der Waals surface area (Å²) in [5, 5.41) is 3.39. The van der Waals surface area contributed by atoms with Crippen LogP contribution in [0.1, 0.15) is 26.2 Å². The maximum absolute atomic E-state index is 11.8. The summed E-state index contributed by atoms with van der Waals surface area (Å²) < 4.78 is 26.0. The van der Waals surface area contributed by atoms with Crippen LogP contribution in [0.25, 0.3) is 0 Å². The molecule has 1 aliphatic rings. The molecule has 0 aliphatic heterocycles. The Balaban J connectivity index is 2.02. The van der Waals surface area contributed by atoms with Gasteiger partial charge in [0.05, 0.1) is 4.90 Å². The van der Waals surface area contributed by atoms with Crippen molar-refractivity contribution < 1.29 is 8.42 Å². The molecule has 0 bridgehead atoms. The van der Waals surface area contributed by atoms with Crippen molar-refractivity contribution in [3.05, 3.63) is 24.3 Å². The number of hydrogen-bond donors (Lipinski definition) is 3. The zero-order chi connectivity index (χ0) is 13.9. The molecule has 0 spiro atoms. The quantitative estimate of drug-likeness (QED) is 0.760. The molecule has 1 aromatic carbocycles. The van der Waals surface area contributed by atoms with Gasteiger partial charge in [-0.25, -0.2) is 13.1 Å². The number of nitrogens with one attached hydrogen (secondary N) is 2. The summed E-state index contributed by atoms with van der Waals surface area (Å²) in [5.74, 6) is 0. The Labute approximate surface area is 114 Å². The van der Waals surface area contributed by atoms with Crippen molar-refractivity contribution in [1.29, 1.82) is 0 Å². The molecule has 1 fully saturated rings. The maximum atomic E-state index is 11.8. The fourth-order valence-corrected chi connectivity index (χ4v) is 3.43. The molecule has 2 atom stereocenters. The van der Waals surface area contributed by atoms with Crippen LogP contribution in [0.15, 0.2) is 29.2 Å². The molecule has 106 valence electrons. The number of hydrogen-bond acceptors (Lipinski definition) is 4. The lowest BCUT2D eigenvalue weighted by Crippen LogP contribution is -2.23. The highest BCUT2D eigenvalue weighted by molar-refractivity contribution is 7.89. The van der Waals surface area contributed by atoms with Gasteiger partial charge in [-0.1, -0.05) is 6.92 Å². The molecule has 1 saturated carbocycles. The predicted octanol–water partition coefficient (Wildman–Crippen LogP) is 1.28. The minimum Gasteiger partial charge on any atom is -0.382 e. The van der Waals surface area contributed by atoms with E-state index in [4.69, 9.17) is 5.73 Å². The molecular weight excluding hydrogens is 262 g/mol. The number of anilines is 1. The van der Waals surface area contributed by atoms with Gasteiger partial charge >= 0.3 is 0 Å². The summed E-state index contributed by atoms with van der Waals surface area (Å²) in [7, 11) is -3.36. The van der Waals surface area contributed by atoms with Crippen molar-refractivity contribution in [3.8, 4) is 0 Å². The largest absolute Gasteiger partial charge is 0.382 e. The van der Waals surface area contributed by atoms with Crippen molar-refractivity contribution in [3.63, 3.8) is 0 Å². The highest BCUT2D eigenvalue weighted by atomic mass is 32.2. The topological polar surface area (TPSA) is 84.2 Å². The summed E-state index contributed by atoms with van der Waals surface area (Å²) in [4.78, 5) is 0.294. The fourth-order valence-electron chi connectivity index (χ4n) is 2.39. The zero-order valence-corrected chi connectivity index (χ0v) is 11.9. The third kappa shape index (κ3) is 3.68. The summed E-state index contributed by atoms with van der Waals surface area (Å²) in [5.41, 5.74) is 6.81. The molecule has 0 amide bonds. The summed E-state index contributed by atoms with van der Waals surface area (Å²) in [6.45, 7) is 2.15.